The molecule has 1 aromatic rings. The van der Waals surface area contributed by atoms with Crippen molar-refractivity contribution in [3.63, 3.8) is 0 Å². The molecule has 20 heavy (non-hydrogen) atoms. The number of Topliss-reactive ketones (excluding diaryl/α,β-unsaturated/α-hetero) is 1. The van der Waals surface area contributed by atoms with E-state index in [9.17, 15) is 4.79 Å². The molecule has 0 saturated carbocycles. The van der Waals surface area contributed by atoms with Crippen LogP contribution in [0, 0.1) is 6.92 Å². The minimum atomic E-state index is 0.205. The Morgan fingerprint density at radius 3 is 2.90 bits per heavy atom. The molecule has 0 radical (unpaired) electrons. The Bertz CT molecular complexity index is 442. The fraction of sp³-hybridized carbons (Fsp3) is 0.714. The summed E-state index contributed by atoms with van der Waals surface area (Å²) in [6.07, 6.45) is 1.62. The Morgan fingerprint density at radius 1 is 1.45 bits per heavy atom. The number of carbonyl (C=O) groups excluding carboxylic acids is 1. The number of aromatic nitrogens is 1. The van der Waals surface area contributed by atoms with Crippen LogP contribution in [0.15, 0.2) is 0 Å². The van der Waals surface area contributed by atoms with Crippen LogP contribution in [0.4, 0.5) is 5.13 Å². The molecule has 1 fully saturated rings. The zero-order valence-corrected chi connectivity index (χ0v) is 13.1. The summed E-state index contributed by atoms with van der Waals surface area (Å²) >= 11 is 1.48. The number of ketones is 1. The van der Waals surface area contributed by atoms with Crippen LogP contribution in [0.5, 0.6) is 0 Å². The van der Waals surface area contributed by atoms with E-state index in [-0.39, 0.29) is 5.78 Å². The van der Waals surface area contributed by atoms with Crippen molar-refractivity contribution in [3.8, 4) is 0 Å². The quantitative estimate of drug-likeness (QED) is 0.782. The number of rotatable bonds is 7. The lowest BCUT2D eigenvalue weighted by Crippen LogP contribution is -2.37. The van der Waals surface area contributed by atoms with E-state index >= 15 is 0 Å². The lowest BCUT2D eigenvalue weighted by Gasteiger charge is -2.26. The topological polar surface area (TPSA) is 54.5 Å². The van der Waals surface area contributed by atoms with Gasteiger partial charge in [0.05, 0.1) is 23.8 Å². The van der Waals surface area contributed by atoms with Crippen LogP contribution < -0.4 is 5.32 Å². The van der Waals surface area contributed by atoms with Crippen molar-refractivity contribution in [3.05, 3.63) is 10.6 Å². The van der Waals surface area contributed by atoms with Crippen LogP contribution in [0.25, 0.3) is 0 Å². The molecule has 0 atom stereocenters. The van der Waals surface area contributed by atoms with Crippen LogP contribution in [-0.4, -0.2) is 55.1 Å². The molecule has 1 N–H and O–H groups in total. The first kappa shape index (κ1) is 15.4. The molecule has 6 heteroatoms. The van der Waals surface area contributed by atoms with Gasteiger partial charge in [-0.3, -0.25) is 9.69 Å². The van der Waals surface area contributed by atoms with Gasteiger partial charge in [-0.2, -0.15) is 0 Å². The van der Waals surface area contributed by atoms with Crippen LogP contribution in [0.1, 0.15) is 35.1 Å². The predicted molar refractivity (Wildman–Crippen MR) is 81.8 cm³/mol. The van der Waals surface area contributed by atoms with Crippen molar-refractivity contribution in [2.45, 2.75) is 26.7 Å². The van der Waals surface area contributed by atoms with Crippen molar-refractivity contribution >= 4 is 22.3 Å². The molecular formula is C14H23N3O2S. The standard InChI is InChI=1S/C14H23N3O2S/c1-3-5-15-14-16-11(2)13(20-14)12(18)4-6-17-7-9-19-10-8-17/h3-10H2,1-2H3,(H,15,16). The molecule has 0 spiro atoms. The maximum atomic E-state index is 12.3. The Kier molecular flexibility index (Phi) is 5.94. The van der Waals surface area contributed by atoms with Gasteiger partial charge >= 0.3 is 0 Å². The summed E-state index contributed by atoms with van der Waals surface area (Å²) in [6.45, 7) is 9.15. The molecule has 1 aromatic heterocycles. The molecule has 1 aliphatic heterocycles. The number of carbonyl (C=O) groups is 1. The van der Waals surface area contributed by atoms with Crippen molar-refractivity contribution in [1.82, 2.24) is 9.88 Å². The van der Waals surface area contributed by atoms with E-state index in [1.54, 1.807) is 0 Å². The highest BCUT2D eigenvalue weighted by atomic mass is 32.1. The van der Waals surface area contributed by atoms with Gasteiger partial charge in [-0.15, -0.1) is 0 Å². The summed E-state index contributed by atoms with van der Waals surface area (Å²) in [4.78, 5) is 19.8. The highest BCUT2D eigenvalue weighted by Crippen LogP contribution is 2.24. The number of nitrogens with zero attached hydrogens (tertiary/aromatic N) is 2. The maximum absolute atomic E-state index is 12.3. The first-order chi connectivity index (χ1) is 9.70. The summed E-state index contributed by atoms with van der Waals surface area (Å²) in [7, 11) is 0. The van der Waals surface area contributed by atoms with Crippen LogP contribution in [-0.2, 0) is 4.74 Å². The number of hydrogen-bond donors (Lipinski definition) is 1. The van der Waals surface area contributed by atoms with E-state index in [2.05, 4.69) is 22.1 Å². The number of thiazole rings is 1. The number of anilines is 1. The van der Waals surface area contributed by atoms with E-state index < -0.39 is 0 Å². The van der Waals surface area contributed by atoms with Crippen LogP contribution >= 0.6 is 11.3 Å². The van der Waals surface area contributed by atoms with Gasteiger partial charge in [0.15, 0.2) is 10.9 Å². The molecule has 0 aromatic carbocycles. The second-order valence-corrected chi connectivity index (χ2v) is 5.99. The first-order valence-electron chi connectivity index (χ1n) is 7.25. The van der Waals surface area contributed by atoms with E-state index in [1.807, 2.05) is 6.92 Å². The monoisotopic (exact) mass is 297 g/mol. The summed E-state index contributed by atoms with van der Waals surface area (Å²) in [5, 5.41) is 4.10. The van der Waals surface area contributed by atoms with Crippen molar-refractivity contribution in [2.24, 2.45) is 0 Å². The van der Waals surface area contributed by atoms with E-state index in [0.29, 0.717) is 6.42 Å². The predicted octanol–water partition coefficient (Wildman–Crippen LogP) is 2.18. The SMILES string of the molecule is CCCNc1nc(C)c(C(=O)CCN2CCOCC2)s1. The summed E-state index contributed by atoms with van der Waals surface area (Å²) in [6, 6.07) is 0. The number of aryl methyl sites for hydroxylation is 1. The lowest BCUT2D eigenvalue weighted by atomic mass is 10.2. The summed E-state index contributed by atoms with van der Waals surface area (Å²) in [5.41, 5.74) is 0.848. The Hall–Kier alpha value is -0.980. The Labute approximate surface area is 124 Å². The average molecular weight is 297 g/mol. The van der Waals surface area contributed by atoms with Crippen LogP contribution in [0.3, 0.4) is 0 Å². The van der Waals surface area contributed by atoms with Gasteiger partial charge in [0, 0.05) is 32.6 Å². The molecule has 5 nitrogen and oxygen atoms in total. The largest absolute Gasteiger partial charge is 0.379 e. The van der Waals surface area contributed by atoms with Crippen molar-refractivity contribution < 1.29 is 9.53 Å². The smallest absolute Gasteiger partial charge is 0.183 e. The number of morpholine rings is 1. The third kappa shape index (κ3) is 4.26. The van der Waals surface area contributed by atoms with Crippen molar-refractivity contribution in [1.29, 1.82) is 0 Å². The molecule has 2 rings (SSSR count). The normalized spacial score (nSPS) is 16.3. The van der Waals surface area contributed by atoms with Gasteiger partial charge < -0.3 is 10.1 Å². The molecule has 0 unspecified atom stereocenters. The van der Waals surface area contributed by atoms with Gasteiger partial charge in [0.1, 0.15) is 0 Å². The van der Waals surface area contributed by atoms with E-state index in [0.717, 1.165) is 61.5 Å². The zero-order chi connectivity index (χ0) is 14.4. The van der Waals surface area contributed by atoms with Gasteiger partial charge in [-0.1, -0.05) is 18.3 Å². The fourth-order valence-electron chi connectivity index (χ4n) is 2.16. The number of ether oxygens (including phenoxy) is 1. The third-order valence-electron chi connectivity index (χ3n) is 3.33. The average Bonchev–Trinajstić information content (AvgIpc) is 2.85. The lowest BCUT2D eigenvalue weighted by molar-refractivity contribution is 0.0370. The summed E-state index contributed by atoms with van der Waals surface area (Å²) in [5.74, 6) is 0.205. The van der Waals surface area contributed by atoms with E-state index in [1.165, 1.54) is 11.3 Å². The minimum absolute atomic E-state index is 0.205. The van der Waals surface area contributed by atoms with Gasteiger partial charge in [-0.05, 0) is 13.3 Å². The number of nitrogens with one attached hydrogen (secondary N) is 1. The molecule has 1 aliphatic rings. The Balaban J connectivity index is 1.86. The molecule has 1 saturated heterocycles. The second-order valence-electron chi connectivity index (χ2n) is 4.99. The molecule has 112 valence electrons. The second kappa shape index (κ2) is 7.71. The molecule has 0 bridgehead atoms. The number of hydrogen-bond acceptors (Lipinski definition) is 6. The maximum Gasteiger partial charge on any atom is 0.183 e. The third-order valence-corrected chi connectivity index (χ3v) is 4.49. The van der Waals surface area contributed by atoms with Gasteiger partial charge in [0.25, 0.3) is 0 Å². The van der Waals surface area contributed by atoms with E-state index in [4.69, 9.17) is 4.74 Å². The van der Waals surface area contributed by atoms with Crippen molar-refractivity contribution in [2.75, 3.05) is 44.7 Å². The molecular weight excluding hydrogens is 274 g/mol. The fourth-order valence-corrected chi connectivity index (χ4v) is 3.12. The summed E-state index contributed by atoms with van der Waals surface area (Å²) < 4.78 is 5.31. The Morgan fingerprint density at radius 2 is 2.20 bits per heavy atom. The van der Waals surface area contributed by atoms with Gasteiger partial charge in [-0.25, -0.2) is 4.98 Å². The highest BCUT2D eigenvalue weighted by Gasteiger charge is 2.17. The highest BCUT2D eigenvalue weighted by molar-refractivity contribution is 7.17. The zero-order valence-electron chi connectivity index (χ0n) is 12.3. The van der Waals surface area contributed by atoms with Gasteiger partial charge in [0.2, 0.25) is 0 Å². The van der Waals surface area contributed by atoms with Crippen LogP contribution in [0.2, 0.25) is 0 Å². The molecule has 0 aliphatic carbocycles. The first-order valence-corrected chi connectivity index (χ1v) is 8.07. The molecule has 2 heterocycles. The molecule has 0 amide bonds. The minimum Gasteiger partial charge on any atom is -0.379 e.